The highest BCUT2D eigenvalue weighted by atomic mass is 16.1. The lowest BCUT2D eigenvalue weighted by Gasteiger charge is -2.17. The zero-order chi connectivity index (χ0) is 12.0. The van der Waals surface area contributed by atoms with E-state index in [1.54, 1.807) is 0 Å². The van der Waals surface area contributed by atoms with Crippen LogP contribution < -0.4 is 11.1 Å². The van der Waals surface area contributed by atoms with Crippen LogP contribution in [0.5, 0.6) is 0 Å². The Labute approximate surface area is 98.6 Å². The first kappa shape index (κ1) is 13.5. The topological polar surface area (TPSA) is 58.4 Å². The van der Waals surface area contributed by atoms with Crippen LogP contribution in [-0.2, 0) is 4.79 Å². The normalized spacial score (nSPS) is 19.0. The number of carbonyl (C=O) groups excluding carboxylic acids is 1. The van der Waals surface area contributed by atoms with Gasteiger partial charge in [-0.15, -0.1) is 0 Å². The van der Waals surface area contributed by atoms with Crippen molar-refractivity contribution in [2.75, 3.05) is 26.2 Å². The standard InChI is InChI=1S/C12H25N3O/c1-10(2)11(13)9-14-12(16)5-8-15-6-3-4-7-15/h10-11H,3-9,13H2,1-2H3,(H,14,16). The molecule has 1 aliphatic rings. The van der Waals surface area contributed by atoms with E-state index in [1.165, 1.54) is 12.8 Å². The molecule has 4 heteroatoms. The molecular formula is C12H25N3O. The SMILES string of the molecule is CC(C)C(N)CNC(=O)CCN1CCCC1. The van der Waals surface area contributed by atoms with Gasteiger partial charge in [0.2, 0.25) is 5.91 Å². The summed E-state index contributed by atoms with van der Waals surface area (Å²) in [6, 6.07) is 0.0655. The van der Waals surface area contributed by atoms with Crippen molar-refractivity contribution in [3.63, 3.8) is 0 Å². The maximum Gasteiger partial charge on any atom is 0.221 e. The van der Waals surface area contributed by atoms with Gasteiger partial charge in [0.25, 0.3) is 0 Å². The minimum atomic E-state index is 0.0655. The van der Waals surface area contributed by atoms with E-state index < -0.39 is 0 Å². The highest BCUT2D eigenvalue weighted by Crippen LogP contribution is 2.07. The number of nitrogens with zero attached hydrogens (tertiary/aromatic N) is 1. The number of rotatable bonds is 6. The van der Waals surface area contributed by atoms with Gasteiger partial charge >= 0.3 is 0 Å². The van der Waals surface area contributed by atoms with Gasteiger partial charge in [-0.3, -0.25) is 4.79 Å². The first-order valence-electron chi connectivity index (χ1n) is 6.34. The second kappa shape index (κ2) is 6.86. The van der Waals surface area contributed by atoms with Gasteiger partial charge in [0.05, 0.1) is 0 Å². The van der Waals surface area contributed by atoms with Gasteiger partial charge in [0, 0.05) is 25.6 Å². The second-order valence-corrected chi connectivity index (χ2v) is 5.01. The summed E-state index contributed by atoms with van der Waals surface area (Å²) in [6.07, 6.45) is 3.16. The minimum Gasteiger partial charge on any atom is -0.354 e. The summed E-state index contributed by atoms with van der Waals surface area (Å²) in [5.41, 5.74) is 5.86. The van der Waals surface area contributed by atoms with Crippen molar-refractivity contribution in [1.82, 2.24) is 10.2 Å². The molecule has 1 atom stereocenters. The molecule has 0 aromatic carbocycles. The molecule has 0 aromatic rings. The molecule has 0 aliphatic carbocycles. The van der Waals surface area contributed by atoms with Crippen molar-refractivity contribution in [3.05, 3.63) is 0 Å². The molecule has 0 saturated carbocycles. The molecule has 0 spiro atoms. The van der Waals surface area contributed by atoms with E-state index in [0.29, 0.717) is 18.9 Å². The second-order valence-electron chi connectivity index (χ2n) is 5.01. The fourth-order valence-electron chi connectivity index (χ4n) is 1.82. The number of nitrogens with two attached hydrogens (primary N) is 1. The zero-order valence-corrected chi connectivity index (χ0v) is 10.5. The molecule has 1 aliphatic heterocycles. The lowest BCUT2D eigenvalue weighted by Crippen LogP contribution is -2.41. The predicted octanol–water partition coefficient (Wildman–Crippen LogP) is 0.572. The van der Waals surface area contributed by atoms with E-state index in [1.807, 2.05) is 0 Å². The zero-order valence-electron chi connectivity index (χ0n) is 10.5. The third-order valence-corrected chi connectivity index (χ3v) is 3.25. The van der Waals surface area contributed by atoms with Crippen LogP contribution in [0.1, 0.15) is 33.1 Å². The smallest absolute Gasteiger partial charge is 0.221 e. The summed E-state index contributed by atoms with van der Waals surface area (Å²) in [5, 5.41) is 2.90. The lowest BCUT2D eigenvalue weighted by atomic mass is 10.1. The van der Waals surface area contributed by atoms with Crippen LogP contribution in [0.25, 0.3) is 0 Å². The van der Waals surface area contributed by atoms with Crippen LogP contribution in [0.3, 0.4) is 0 Å². The van der Waals surface area contributed by atoms with Crippen molar-refractivity contribution in [1.29, 1.82) is 0 Å². The third kappa shape index (κ3) is 4.94. The first-order chi connectivity index (χ1) is 7.59. The van der Waals surface area contributed by atoms with Crippen LogP contribution in [0.4, 0.5) is 0 Å². The molecule has 0 aromatic heterocycles. The summed E-state index contributed by atoms with van der Waals surface area (Å²) >= 11 is 0. The molecule has 3 N–H and O–H groups in total. The fourth-order valence-corrected chi connectivity index (χ4v) is 1.82. The Balaban J connectivity index is 2.06. The minimum absolute atomic E-state index is 0.0655. The van der Waals surface area contributed by atoms with Gasteiger partial charge < -0.3 is 16.0 Å². The summed E-state index contributed by atoms with van der Waals surface area (Å²) < 4.78 is 0. The molecule has 1 saturated heterocycles. The Morgan fingerprint density at radius 2 is 2.00 bits per heavy atom. The molecule has 1 heterocycles. The van der Waals surface area contributed by atoms with Crippen LogP contribution in [0, 0.1) is 5.92 Å². The summed E-state index contributed by atoms with van der Waals surface area (Å²) in [6.45, 7) is 7.93. The number of carbonyl (C=O) groups is 1. The van der Waals surface area contributed by atoms with Gasteiger partial charge in [-0.1, -0.05) is 13.8 Å². The van der Waals surface area contributed by atoms with E-state index in [0.717, 1.165) is 19.6 Å². The predicted molar refractivity (Wildman–Crippen MR) is 66.1 cm³/mol. The molecule has 4 nitrogen and oxygen atoms in total. The fraction of sp³-hybridized carbons (Fsp3) is 0.917. The molecule has 1 fully saturated rings. The van der Waals surface area contributed by atoms with Crippen molar-refractivity contribution < 1.29 is 4.79 Å². The average molecular weight is 227 g/mol. The molecular weight excluding hydrogens is 202 g/mol. The van der Waals surface area contributed by atoms with Crippen molar-refractivity contribution in [2.45, 2.75) is 39.2 Å². The molecule has 1 rings (SSSR count). The largest absolute Gasteiger partial charge is 0.354 e. The average Bonchev–Trinajstić information content (AvgIpc) is 2.75. The molecule has 0 bridgehead atoms. The maximum absolute atomic E-state index is 11.5. The van der Waals surface area contributed by atoms with Crippen LogP contribution in [-0.4, -0.2) is 43.0 Å². The highest BCUT2D eigenvalue weighted by molar-refractivity contribution is 5.76. The number of nitrogens with one attached hydrogen (secondary N) is 1. The number of likely N-dealkylation sites (tertiary alicyclic amines) is 1. The Hall–Kier alpha value is -0.610. The summed E-state index contributed by atoms with van der Waals surface area (Å²) in [5.74, 6) is 0.543. The van der Waals surface area contributed by atoms with Crippen LogP contribution in [0.2, 0.25) is 0 Å². The van der Waals surface area contributed by atoms with Gasteiger partial charge in [-0.05, 0) is 31.8 Å². The van der Waals surface area contributed by atoms with Crippen LogP contribution in [0.15, 0.2) is 0 Å². The third-order valence-electron chi connectivity index (χ3n) is 3.25. The van der Waals surface area contributed by atoms with E-state index in [2.05, 4.69) is 24.1 Å². The number of hydrogen-bond donors (Lipinski definition) is 2. The molecule has 1 unspecified atom stereocenters. The molecule has 16 heavy (non-hydrogen) atoms. The van der Waals surface area contributed by atoms with E-state index >= 15 is 0 Å². The monoisotopic (exact) mass is 227 g/mol. The van der Waals surface area contributed by atoms with Crippen molar-refractivity contribution >= 4 is 5.91 Å². The Morgan fingerprint density at radius 1 is 1.38 bits per heavy atom. The number of amides is 1. The first-order valence-corrected chi connectivity index (χ1v) is 6.34. The van der Waals surface area contributed by atoms with Crippen LogP contribution >= 0.6 is 0 Å². The van der Waals surface area contributed by atoms with Gasteiger partial charge in [-0.25, -0.2) is 0 Å². The van der Waals surface area contributed by atoms with E-state index in [4.69, 9.17) is 5.73 Å². The van der Waals surface area contributed by atoms with Crippen molar-refractivity contribution in [2.24, 2.45) is 11.7 Å². The summed E-state index contributed by atoms with van der Waals surface area (Å²) in [4.78, 5) is 13.9. The van der Waals surface area contributed by atoms with E-state index in [9.17, 15) is 4.79 Å². The number of hydrogen-bond acceptors (Lipinski definition) is 3. The highest BCUT2D eigenvalue weighted by Gasteiger charge is 2.13. The quantitative estimate of drug-likeness (QED) is 0.697. The van der Waals surface area contributed by atoms with Crippen molar-refractivity contribution in [3.8, 4) is 0 Å². The Morgan fingerprint density at radius 3 is 2.56 bits per heavy atom. The molecule has 94 valence electrons. The molecule has 0 radical (unpaired) electrons. The van der Waals surface area contributed by atoms with Gasteiger partial charge in [-0.2, -0.15) is 0 Å². The van der Waals surface area contributed by atoms with Gasteiger partial charge in [0.15, 0.2) is 0 Å². The summed E-state index contributed by atoms with van der Waals surface area (Å²) in [7, 11) is 0. The maximum atomic E-state index is 11.5. The van der Waals surface area contributed by atoms with Gasteiger partial charge in [0.1, 0.15) is 0 Å². The Kier molecular flexibility index (Phi) is 5.77. The molecule has 1 amide bonds. The van der Waals surface area contributed by atoms with E-state index in [-0.39, 0.29) is 11.9 Å². The lowest BCUT2D eigenvalue weighted by molar-refractivity contribution is -0.121. The Bertz CT molecular complexity index is 204.